The molecular formula is C20H35N3O3S. The van der Waals surface area contributed by atoms with Crippen molar-refractivity contribution in [2.45, 2.75) is 47.1 Å². The Morgan fingerprint density at radius 2 is 2.00 bits per heavy atom. The number of nitrogens with zero attached hydrogens (tertiary/aromatic N) is 1. The summed E-state index contributed by atoms with van der Waals surface area (Å²) in [6.45, 7) is 10.9. The summed E-state index contributed by atoms with van der Waals surface area (Å²) < 4.78 is 28.4. The van der Waals surface area contributed by atoms with Crippen LogP contribution in [0.2, 0.25) is 0 Å². The van der Waals surface area contributed by atoms with Gasteiger partial charge in [0.15, 0.2) is 5.96 Å². The Hall–Kier alpha value is -1.76. The Kier molecular flexibility index (Phi) is 10.2. The Balaban J connectivity index is 2.71. The van der Waals surface area contributed by atoms with Crippen LogP contribution in [-0.2, 0) is 16.4 Å². The molecule has 0 saturated heterocycles. The predicted octanol–water partition coefficient (Wildman–Crippen LogP) is 2.91. The minimum absolute atomic E-state index is 0.172. The second-order valence-corrected chi connectivity index (χ2v) is 9.51. The zero-order valence-corrected chi connectivity index (χ0v) is 18.2. The lowest BCUT2D eigenvalue weighted by atomic mass is 10.1. The second kappa shape index (κ2) is 11.8. The van der Waals surface area contributed by atoms with Gasteiger partial charge in [0.25, 0.3) is 0 Å². The maximum atomic E-state index is 11.2. The number of aliphatic imine (C=N–C) groups is 1. The first-order valence-electron chi connectivity index (χ1n) is 9.63. The van der Waals surface area contributed by atoms with E-state index >= 15 is 0 Å². The van der Waals surface area contributed by atoms with Crippen LogP contribution in [-0.4, -0.2) is 46.1 Å². The zero-order chi connectivity index (χ0) is 20.3. The maximum Gasteiger partial charge on any atom is 0.191 e. The summed E-state index contributed by atoms with van der Waals surface area (Å²) in [4.78, 5) is 4.62. The molecule has 2 N–H and O–H groups in total. The number of sulfone groups is 1. The topological polar surface area (TPSA) is 79.8 Å². The first-order chi connectivity index (χ1) is 12.7. The number of benzene rings is 1. The van der Waals surface area contributed by atoms with Crippen molar-refractivity contribution < 1.29 is 13.2 Å². The molecule has 1 aromatic rings. The molecule has 0 atom stereocenters. The summed E-state index contributed by atoms with van der Waals surface area (Å²) in [5, 5.41) is 6.37. The molecule has 1 aromatic carbocycles. The van der Waals surface area contributed by atoms with Gasteiger partial charge in [-0.25, -0.2) is 13.4 Å². The first-order valence-corrected chi connectivity index (χ1v) is 11.7. The van der Waals surface area contributed by atoms with Crippen molar-refractivity contribution in [3.8, 4) is 5.75 Å². The summed E-state index contributed by atoms with van der Waals surface area (Å²) in [6.07, 6.45) is 2.82. The van der Waals surface area contributed by atoms with E-state index in [-0.39, 0.29) is 5.75 Å². The van der Waals surface area contributed by atoms with Crippen LogP contribution in [0.15, 0.2) is 23.2 Å². The monoisotopic (exact) mass is 397 g/mol. The van der Waals surface area contributed by atoms with Crippen LogP contribution in [0.1, 0.15) is 44.7 Å². The van der Waals surface area contributed by atoms with Crippen molar-refractivity contribution in [2.75, 3.05) is 31.7 Å². The molecule has 0 amide bonds. The average molecular weight is 398 g/mol. The fourth-order valence-corrected chi connectivity index (χ4v) is 3.05. The number of ether oxygens (including phenoxy) is 1. The molecule has 154 valence electrons. The van der Waals surface area contributed by atoms with E-state index < -0.39 is 9.84 Å². The lowest BCUT2D eigenvalue weighted by molar-refractivity contribution is 0.287. The highest BCUT2D eigenvalue weighted by molar-refractivity contribution is 7.90. The molecule has 0 radical (unpaired) electrons. The zero-order valence-electron chi connectivity index (χ0n) is 17.3. The van der Waals surface area contributed by atoms with Crippen LogP contribution in [0, 0.1) is 12.8 Å². The summed E-state index contributed by atoms with van der Waals surface area (Å²) in [6, 6.07) is 6.17. The molecule has 0 heterocycles. The van der Waals surface area contributed by atoms with E-state index in [2.05, 4.69) is 54.6 Å². The van der Waals surface area contributed by atoms with Crippen LogP contribution in [0.25, 0.3) is 0 Å². The molecule has 1 rings (SSSR count). The fraction of sp³-hybridized carbons (Fsp3) is 0.650. The molecule has 0 fully saturated rings. The van der Waals surface area contributed by atoms with Gasteiger partial charge in [0.1, 0.15) is 15.6 Å². The lowest BCUT2D eigenvalue weighted by Gasteiger charge is -2.14. The van der Waals surface area contributed by atoms with E-state index in [4.69, 9.17) is 4.74 Å². The summed E-state index contributed by atoms with van der Waals surface area (Å²) >= 11 is 0. The molecule has 0 unspecified atom stereocenters. The summed E-state index contributed by atoms with van der Waals surface area (Å²) in [7, 11) is -2.93. The van der Waals surface area contributed by atoms with Crippen molar-refractivity contribution in [2.24, 2.45) is 10.9 Å². The van der Waals surface area contributed by atoms with Crippen LogP contribution in [0.3, 0.4) is 0 Å². The van der Waals surface area contributed by atoms with Crippen LogP contribution < -0.4 is 15.4 Å². The largest absolute Gasteiger partial charge is 0.493 e. The molecule has 0 aliphatic heterocycles. The van der Waals surface area contributed by atoms with Gasteiger partial charge in [-0.3, -0.25) is 0 Å². The van der Waals surface area contributed by atoms with Gasteiger partial charge in [0.05, 0.1) is 18.9 Å². The molecule has 0 spiro atoms. The van der Waals surface area contributed by atoms with Gasteiger partial charge in [-0.05, 0) is 44.2 Å². The van der Waals surface area contributed by atoms with Crippen LogP contribution >= 0.6 is 0 Å². The number of hydrogen-bond acceptors (Lipinski definition) is 4. The van der Waals surface area contributed by atoms with Crippen LogP contribution in [0.5, 0.6) is 5.75 Å². The minimum atomic E-state index is -2.93. The number of guanidine groups is 1. The van der Waals surface area contributed by atoms with Gasteiger partial charge in [-0.15, -0.1) is 0 Å². The van der Waals surface area contributed by atoms with Gasteiger partial charge in [0.2, 0.25) is 0 Å². The Morgan fingerprint density at radius 1 is 1.26 bits per heavy atom. The smallest absolute Gasteiger partial charge is 0.191 e. The quantitative estimate of drug-likeness (QED) is 0.341. The van der Waals surface area contributed by atoms with Crippen molar-refractivity contribution in [3.05, 3.63) is 29.3 Å². The van der Waals surface area contributed by atoms with E-state index in [0.29, 0.717) is 38.0 Å². The van der Waals surface area contributed by atoms with Gasteiger partial charge in [0, 0.05) is 24.9 Å². The highest BCUT2D eigenvalue weighted by Crippen LogP contribution is 2.22. The molecule has 0 aromatic heterocycles. The number of hydrogen-bond donors (Lipinski definition) is 2. The first kappa shape index (κ1) is 23.3. The van der Waals surface area contributed by atoms with Crippen LogP contribution in [0.4, 0.5) is 0 Å². The van der Waals surface area contributed by atoms with Crippen molar-refractivity contribution >= 4 is 15.8 Å². The third-order valence-corrected chi connectivity index (χ3v) is 4.94. The van der Waals surface area contributed by atoms with Crippen molar-refractivity contribution in [3.63, 3.8) is 0 Å². The van der Waals surface area contributed by atoms with E-state index in [9.17, 15) is 8.42 Å². The summed E-state index contributed by atoms with van der Waals surface area (Å²) in [5.74, 6) is 2.34. The van der Waals surface area contributed by atoms with E-state index in [0.717, 1.165) is 29.8 Å². The second-order valence-electron chi connectivity index (χ2n) is 7.25. The Bertz CT molecular complexity index is 700. The molecule has 0 aliphatic carbocycles. The standard InChI is InChI=1S/C20H35N3O3S/c1-6-21-20(22-11-7-13-27(5,24)25)23-15-18-9-8-17(4)14-19(18)26-12-10-16(2)3/h8-9,14,16H,6-7,10-13,15H2,1-5H3,(H2,21,22,23). The van der Waals surface area contributed by atoms with Crippen molar-refractivity contribution in [1.29, 1.82) is 0 Å². The SMILES string of the molecule is CCNC(=NCc1ccc(C)cc1OCCC(C)C)NCCCS(C)(=O)=O. The molecule has 0 bridgehead atoms. The minimum Gasteiger partial charge on any atom is -0.493 e. The van der Waals surface area contributed by atoms with Gasteiger partial charge in [-0.1, -0.05) is 26.0 Å². The third kappa shape index (κ3) is 10.9. The highest BCUT2D eigenvalue weighted by atomic mass is 32.2. The van der Waals surface area contributed by atoms with Crippen molar-refractivity contribution in [1.82, 2.24) is 10.6 Å². The molecular weight excluding hydrogens is 362 g/mol. The average Bonchev–Trinajstić information content (AvgIpc) is 2.56. The fourth-order valence-electron chi connectivity index (χ4n) is 2.38. The third-order valence-electron chi connectivity index (χ3n) is 3.91. The van der Waals surface area contributed by atoms with E-state index in [1.807, 2.05) is 6.92 Å². The summed E-state index contributed by atoms with van der Waals surface area (Å²) in [5.41, 5.74) is 2.20. The lowest BCUT2D eigenvalue weighted by Crippen LogP contribution is -2.38. The normalized spacial score (nSPS) is 12.3. The Morgan fingerprint density at radius 3 is 2.63 bits per heavy atom. The molecule has 27 heavy (non-hydrogen) atoms. The Labute approximate surface area is 164 Å². The number of rotatable bonds is 11. The number of nitrogens with one attached hydrogen (secondary N) is 2. The molecule has 0 saturated carbocycles. The molecule has 7 heteroatoms. The predicted molar refractivity (Wildman–Crippen MR) is 113 cm³/mol. The van der Waals surface area contributed by atoms with Gasteiger partial charge < -0.3 is 15.4 Å². The van der Waals surface area contributed by atoms with E-state index in [1.54, 1.807) is 0 Å². The number of aryl methyl sites for hydroxylation is 1. The highest BCUT2D eigenvalue weighted by Gasteiger charge is 2.06. The van der Waals surface area contributed by atoms with Gasteiger partial charge >= 0.3 is 0 Å². The van der Waals surface area contributed by atoms with E-state index in [1.165, 1.54) is 6.26 Å². The maximum absolute atomic E-state index is 11.2. The molecule has 6 nitrogen and oxygen atoms in total. The van der Waals surface area contributed by atoms with Gasteiger partial charge in [-0.2, -0.15) is 0 Å². The molecule has 0 aliphatic rings.